The van der Waals surface area contributed by atoms with E-state index in [0.717, 1.165) is 28.8 Å². The lowest BCUT2D eigenvalue weighted by Gasteiger charge is -2.03. The first-order valence-electron chi connectivity index (χ1n) is 6.44. The molecule has 22 heavy (non-hydrogen) atoms. The van der Waals surface area contributed by atoms with E-state index in [4.69, 9.17) is 4.74 Å². The molecular formula is C13H15F2N3OS3. The SMILES string of the molecule is COCCCSc1nnc(Nc2ccc(SC(F)F)cc2)s1. The second kappa shape index (κ2) is 9.29. The third-order valence-corrected chi connectivity index (χ3v) is 5.24. The standard InChI is InChI=1S/C13H15F2N3OS3/c1-19-7-2-8-20-13-18-17-12(22-13)16-9-3-5-10(6-4-9)21-11(14)15/h3-6,11H,2,7-8H2,1H3,(H,16,17). The molecule has 2 rings (SSSR count). The fourth-order valence-corrected chi connectivity index (χ4v) is 3.78. The summed E-state index contributed by atoms with van der Waals surface area (Å²) < 4.78 is 30.4. The topological polar surface area (TPSA) is 47.0 Å². The van der Waals surface area contributed by atoms with Crippen LogP contribution in [0.15, 0.2) is 33.5 Å². The van der Waals surface area contributed by atoms with E-state index in [1.165, 1.54) is 11.3 Å². The van der Waals surface area contributed by atoms with Gasteiger partial charge >= 0.3 is 0 Å². The molecule has 120 valence electrons. The number of rotatable bonds is 9. The number of nitrogens with one attached hydrogen (secondary N) is 1. The summed E-state index contributed by atoms with van der Waals surface area (Å²) in [7, 11) is 1.68. The second-order valence-corrected chi connectivity index (χ2v) is 7.48. The van der Waals surface area contributed by atoms with Gasteiger partial charge in [0, 0.05) is 30.1 Å². The predicted octanol–water partition coefficient (Wildman–Crippen LogP) is 4.73. The van der Waals surface area contributed by atoms with Gasteiger partial charge in [0.05, 0.1) is 0 Å². The van der Waals surface area contributed by atoms with Gasteiger partial charge in [-0.1, -0.05) is 34.9 Å². The smallest absolute Gasteiger partial charge is 0.288 e. The maximum atomic E-state index is 12.2. The Morgan fingerprint density at radius 1 is 1.27 bits per heavy atom. The molecule has 2 aromatic rings. The first kappa shape index (κ1) is 17.5. The van der Waals surface area contributed by atoms with Crippen molar-refractivity contribution in [2.24, 2.45) is 0 Å². The molecule has 1 heterocycles. The maximum Gasteiger partial charge on any atom is 0.288 e. The van der Waals surface area contributed by atoms with Crippen molar-refractivity contribution in [1.82, 2.24) is 10.2 Å². The molecule has 1 aromatic carbocycles. The van der Waals surface area contributed by atoms with Crippen LogP contribution in [0.3, 0.4) is 0 Å². The number of anilines is 2. The number of benzene rings is 1. The lowest BCUT2D eigenvalue weighted by atomic mass is 10.3. The molecule has 0 aliphatic heterocycles. The van der Waals surface area contributed by atoms with Gasteiger partial charge < -0.3 is 10.1 Å². The van der Waals surface area contributed by atoms with Crippen LogP contribution in [0.4, 0.5) is 19.6 Å². The van der Waals surface area contributed by atoms with Crippen LogP contribution >= 0.6 is 34.9 Å². The van der Waals surface area contributed by atoms with E-state index in [9.17, 15) is 8.78 Å². The summed E-state index contributed by atoms with van der Waals surface area (Å²) >= 11 is 3.63. The summed E-state index contributed by atoms with van der Waals surface area (Å²) in [6, 6.07) is 6.80. The van der Waals surface area contributed by atoms with Gasteiger partial charge in [0.1, 0.15) is 0 Å². The number of ether oxygens (including phenoxy) is 1. The molecule has 0 radical (unpaired) electrons. The Labute approximate surface area is 140 Å². The van der Waals surface area contributed by atoms with Gasteiger partial charge in [0.2, 0.25) is 5.13 Å². The van der Waals surface area contributed by atoms with Crippen LogP contribution in [0.2, 0.25) is 0 Å². The molecule has 0 unspecified atom stereocenters. The van der Waals surface area contributed by atoms with Crippen LogP contribution in [0.25, 0.3) is 0 Å². The summed E-state index contributed by atoms with van der Waals surface area (Å²) in [6.45, 7) is 0.736. The molecular weight excluding hydrogens is 348 g/mol. The Bertz CT molecular complexity index is 566. The zero-order chi connectivity index (χ0) is 15.8. The van der Waals surface area contributed by atoms with Crippen LogP contribution < -0.4 is 5.32 Å². The predicted molar refractivity (Wildman–Crippen MR) is 88.7 cm³/mol. The number of methoxy groups -OCH3 is 1. The van der Waals surface area contributed by atoms with Crippen LogP contribution in [0.1, 0.15) is 6.42 Å². The molecule has 0 aliphatic rings. The molecule has 0 saturated heterocycles. The van der Waals surface area contributed by atoms with E-state index in [0.29, 0.717) is 21.8 Å². The maximum absolute atomic E-state index is 12.2. The monoisotopic (exact) mass is 363 g/mol. The minimum atomic E-state index is -2.40. The first-order chi connectivity index (χ1) is 10.7. The number of halogens is 2. The second-order valence-electron chi connectivity index (χ2n) is 4.10. The molecule has 0 spiro atoms. The number of thioether (sulfide) groups is 2. The van der Waals surface area contributed by atoms with E-state index in [-0.39, 0.29) is 0 Å². The van der Waals surface area contributed by atoms with Crippen molar-refractivity contribution in [3.8, 4) is 0 Å². The number of hydrogen-bond acceptors (Lipinski definition) is 7. The van der Waals surface area contributed by atoms with Crippen molar-refractivity contribution in [3.05, 3.63) is 24.3 Å². The van der Waals surface area contributed by atoms with E-state index in [2.05, 4.69) is 15.5 Å². The molecule has 9 heteroatoms. The summed E-state index contributed by atoms with van der Waals surface area (Å²) in [5.41, 5.74) is 0.797. The summed E-state index contributed by atoms with van der Waals surface area (Å²) in [4.78, 5) is 0.534. The van der Waals surface area contributed by atoms with E-state index in [1.807, 2.05) is 0 Å². The molecule has 0 amide bonds. The zero-order valence-corrected chi connectivity index (χ0v) is 14.2. The first-order valence-corrected chi connectivity index (χ1v) is 9.12. The Balaban J connectivity index is 1.84. The molecule has 1 aromatic heterocycles. The third kappa shape index (κ3) is 6.07. The molecule has 0 bridgehead atoms. The van der Waals surface area contributed by atoms with Crippen molar-refractivity contribution in [3.63, 3.8) is 0 Å². The lowest BCUT2D eigenvalue weighted by Crippen LogP contribution is -1.89. The minimum Gasteiger partial charge on any atom is -0.385 e. The highest BCUT2D eigenvalue weighted by Crippen LogP contribution is 2.30. The Kier molecular flexibility index (Phi) is 7.37. The summed E-state index contributed by atoms with van der Waals surface area (Å²) in [5, 5.41) is 12.0. The molecule has 0 fully saturated rings. The fraction of sp³-hybridized carbons (Fsp3) is 0.385. The minimum absolute atomic E-state index is 0.531. The highest BCUT2D eigenvalue weighted by atomic mass is 32.2. The van der Waals surface area contributed by atoms with Gasteiger partial charge in [0.25, 0.3) is 5.76 Å². The van der Waals surface area contributed by atoms with Crippen LogP contribution in [0.5, 0.6) is 0 Å². The normalized spacial score (nSPS) is 11.1. The molecule has 0 aliphatic carbocycles. The highest BCUT2D eigenvalue weighted by molar-refractivity contribution is 8.01. The molecule has 1 N–H and O–H groups in total. The average molecular weight is 363 g/mol. The van der Waals surface area contributed by atoms with Gasteiger partial charge in [-0.2, -0.15) is 8.78 Å². The van der Waals surface area contributed by atoms with Gasteiger partial charge in [-0.3, -0.25) is 0 Å². The quantitative estimate of drug-likeness (QED) is 0.514. The van der Waals surface area contributed by atoms with Gasteiger partial charge in [-0.05, 0) is 30.7 Å². The molecule has 0 atom stereocenters. The van der Waals surface area contributed by atoms with Crippen LogP contribution in [-0.2, 0) is 4.74 Å². The van der Waals surface area contributed by atoms with Crippen molar-refractivity contribution in [2.75, 3.05) is 24.8 Å². The van der Waals surface area contributed by atoms with Crippen molar-refractivity contribution >= 4 is 45.7 Å². The average Bonchev–Trinajstić information content (AvgIpc) is 2.93. The molecule has 0 saturated carbocycles. The number of nitrogens with zero attached hydrogens (tertiary/aromatic N) is 2. The van der Waals surface area contributed by atoms with Crippen LogP contribution in [-0.4, -0.2) is 35.4 Å². The Morgan fingerprint density at radius 2 is 2.05 bits per heavy atom. The number of aromatic nitrogens is 2. The van der Waals surface area contributed by atoms with E-state index < -0.39 is 5.76 Å². The Hall–Kier alpha value is -0.900. The Morgan fingerprint density at radius 3 is 2.73 bits per heavy atom. The van der Waals surface area contributed by atoms with Crippen molar-refractivity contribution < 1.29 is 13.5 Å². The third-order valence-electron chi connectivity index (χ3n) is 2.46. The lowest BCUT2D eigenvalue weighted by molar-refractivity contribution is 0.200. The van der Waals surface area contributed by atoms with Crippen molar-refractivity contribution in [1.29, 1.82) is 0 Å². The van der Waals surface area contributed by atoms with Gasteiger partial charge in [0.15, 0.2) is 4.34 Å². The zero-order valence-electron chi connectivity index (χ0n) is 11.8. The van der Waals surface area contributed by atoms with E-state index >= 15 is 0 Å². The number of alkyl halides is 2. The van der Waals surface area contributed by atoms with Crippen LogP contribution in [0, 0.1) is 0 Å². The number of hydrogen-bond donors (Lipinski definition) is 1. The highest BCUT2D eigenvalue weighted by Gasteiger charge is 2.07. The van der Waals surface area contributed by atoms with Gasteiger partial charge in [-0.25, -0.2) is 0 Å². The van der Waals surface area contributed by atoms with E-state index in [1.54, 1.807) is 43.1 Å². The largest absolute Gasteiger partial charge is 0.385 e. The summed E-state index contributed by atoms with van der Waals surface area (Å²) in [5.74, 6) is -1.47. The summed E-state index contributed by atoms with van der Waals surface area (Å²) in [6.07, 6.45) is 0.965. The van der Waals surface area contributed by atoms with Crippen molar-refractivity contribution in [2.45, 2.75) is 21.4 Å². The van der Waals surface area contributed by atoms with Gasteiger partial charge in [-0.15, -0.1) is 10.2 Å². The fourth-order valence-electron chi connectivity index (χ4n) is 1.52. The molecule has 4 nitrogen and oxygen atoms in total.